The molecule has 0 unspecified atom stereocenters. The number of aromatic amines is 2. The van der Waals surface area contributed by atoms with Crippen molar-refractivity contribution in [2.24, 2.45) is 7.05 Å². The van der Waals surface area contributed by atoms with Gasteiger partial charge in [-0.25, -0.2) is 4.98 Å². The van der Waals surface area contributed by atoms with Crippen molar-refractivity contribution in [1.82, 2.24) is 29.7 Å². The van der Waals surface area contributed by atoms with Crippen LogP contribution < -0.4 is 17.0 Å². The van der Waals surface area contributed by atoms with Crippen molar-refractivity contribution in [3.8, 4) is 11.4 Å². The summed E-state index contributed by atoms with van der Waals surface area (Å²) in [6, 6.07) is 0. The van der Waals surface area contributed by atoms with Gasteiger partial charge in [-0.15, -0.1) is 0 Å². The van der Waals surface area contributed by atoms with E-state index in [-0.39, 0.29) is 22.7 Å². The highest BCUT2D eigenvalue weighted by molar-refractivity contribution is 5.78. The van der Waals surface area contributed by atoms with E-state index in [2.05, 4.69) is 25.0 Å². The Morgan fingerprint density at radius 1 is 1.28 bits per heavy atom. The van der Waals surface area contributed by atoms with Gasteiger partial charge in [-0.1, -0.05) is 0 Å². The molecule has 18 heavy (non-hydrogen) atoms. The number of imidazole rings is 1. The van der Waals surface area contributed by atoms with Crippen LogP contribution in [0.1, 0.15) is 0 Å². The Labute approximate surface area is 99.9 Å². The lowest BCUT2D eigenvalue weighted by Gasteiger charge is -1.95. The summed E-state index contributed by atoms with van der Waals surface area (Å²) < 4.78 is 1.51. The summed E-state index contributed by atoms with van der Waals surface area (Å²) in [6.45, 7) is 0. The first-order chi connectivity index (χ1) is 8.56. The van der Waals surface area contributed by atoms with E-state index in [1.165, 1.54) is 4.68 Å². The fourth-order valence-corrected chi connectivity index (χ4v) is 1.68. The number of hydrogen-bond donors (Lipinski definition) is 4. The van der Waals surface area contributed by atoms with Gasteiger partial charge in [0.15, 0.2) is 11.2 Å². The zero-order valence-corrected chi connectivity index (χ0v) is 9.43. The second-order valence-electron chi connectivity index (χ2n) is 3.80. The molecule has 6 N–H and O–H groups in total. The van der Waals surface area contributed by atoms with E-state index in [1.807, 2.05) is 0 Å². The number of nitrogens with two attached hydrogens (primary N) is 2. The number of aromatic nitrogens is 6. The number of aryl methyl sites for hydroxylation is 1. The summed E-state index contributed by atoms with van der Waals surface area (Å²) in [4.78, 5) is 25.0. The molecule has 3 heterocycles. The van der Waals surface area contributed by atoms with E-state index in [4.69, 9.17) is 11.5 Å². The van der Waals surface area contributed by atoms with Crippen LogP contribution >= 0.6 is 0 Å². The van der Waals surface area contributed by atoms with E-state index >= 15 is 0 Å². The van der Waals surface area contributed by atoms with Crippen molar-refractivity contribution < 1.29 is 0 Å². The highest BCUT2D eigenvalue weighted by atomic mass is 16.1. The van der Waals surface area contributed by atoms with Gasteiger partial charge in [0.25, 0.3) is 5.56 Å². The summed E-state index contributed by atoms with van der Waals surface area (Å²) >= 11 is 0. The number of nitrogens with one attached hydrogen (secondary N) is 2. The number of nitrogen functional groups attached to an aromatic ring is 2. The summed E-state index contributed by atoms with van der Waals surface area (Å²) in [5.41, 5.74) is 12.0. The number of rotatable bonds is 1. The van der Waals surface area contributed by atoms with Crippen LogP contribution in [0.4, 0.5) is 11.8 Å². The van der Waals surface area contributed by atoms with E-state index in [0.717, 1.165) is 0 Å². The molecule has 0 bridgehead atoms. The molecule has 0 aliphatic carbocycles. The SMILES string of the molecule is Cn1ncc(-c2nc3nc(N)[nH]c(=O)c3[nH]2)c1N. The molecule has 3 aromatic rings. The molecule has 92 valence electrons. The molecule has 0 amide bonds. The van der Waals surface area contributed by atoms with Gasteiger partial charge in [0.1, 0.15) is 11.6 Å². The summed E-state index contributed by atoms with van der Waals surface area (Å²) in [7, 11) is 1.71. The largest absolute Gasteiger partial charge is 0.383 e. The average Bonchev–Trinajstić information content (AvgIpc) is 2.84. The first-order valence-corrected chi connectivity index (χ1v) is 5.09. The molecule has 0 aliphatic rings. The molecular weight excluding hydrogens is 236 g/mol. The predicted molar refractivity (Wildman–Crippen MR) is 65.5 cm³/mol. The van der Waals surface area contributed by atoms with E-state index in [1.54, 1.807) is 13.2 Å². The Kier molecular flexibility index (Phi) is 1.91. The molecular formula is C9H10N8O. The van der Waals surface area contributed by atoms with Crippen LogP contribution in [0, 0.1) is 0 Å². The van der Waals surface area contributed by atoms with Gasteiger partial charge in [-0.05, 0) is 0 Å². The summed E-state index contributed by atoms with van der Waals surface area (Å²) in [5, 5.41) is 4.00. The third-order valence-electron chi connectivity index (χ3n) is 2.62. The number of nitrogens with zero attached hydrogens (tertiary/aromatic N) is 4. The monoisotopic (exact) mass is 246 g/mol. The fourth-order valence-electron chi connectivity index (χ4n) is 1.68. The number of fused-ring (bicyclic) bond motifs is 1. The molecule has 0 radical (unpaired) electrons. The Morgan fingerprint density at radius 3 is 2.72 bits per heavy atom. The Morgan fingerprint density at radius 2 is 2.06 bits per heavy atom. The zero-order chi connectivity index (χ0) is 12.9. The smallest absolute Gasteiger partial charge is 0.278 e. The lowest BCUT2D eigenvalue weighted by molar-refractivity contribution is 0.779. The van der Waals surface area contributed by atoms with Gasteiger partial charge in [0.05, 0.1) is 11.8 Å². The molecule has 0 atom stereocenters. The molecule has 0 aliphatic heterocycles. The lowest BCUT2D eigenvalue weighted by Crippen LogP contribution is -2.10. The second-order valence-corrected chi connectivity index (χ2v) is 3.80. The van der Waals surface area contributed by atoms with E-state index in [0.29, 0.717) is 17.2 Å². The summed E-state index contributed by atoms with van der Waals surface area (Å²) in [6.07, 6.45) is 1.56. The quantitative estimate of drug-likeness (QED) is 0.443. The topological polar surface area (TPSA) is 144 Å². The molecule has 0 saturated heterocycles. The molecule has 0 fully saturated rings. The molecule has 3 aromatic heterocycles. The minimum absolute atomic E-state index is 0.0182. The Bertz CT molecular complexity index is 795. The highest BCUT2D eigenvalue weighted by Gasteiger charge is 2.14. The van der Waals surface area contributed by atoms with Crippen LogP contribution in [0.25, 0.3) is 22.6 Å². The van der Waals surface area contributed by atoms with Crippen molar-refractivity contribution in [2.75, 3.05) is 11.5 Å². The van der Waals surface area contributed by atoms with Crippen molar-refractivity contribution >= 4 is 22.9 Å². The Hall–Kier alpha value is -2.84. The third kappa shape index (κ3) is 1.34. The van der Waals surface area contributed by atoms with Gasteiger partial charge in [0, 0.05) is 7.05 Å². The van der Waals surface area contributed by atoms with E-state index in [9.17, 15) is 4.79 Å². The van der Waals surface area contributed by atoms with Crippen molar-refractivity contribution in [3.05, 3.63) is 16.6 Å². The molecule has 9 heteroatoms. The van der Waals surface area contributed by atoms with Gasteiger partial charge in [0.2, 0.25) is 5.95 Å². The minimum Gasteiger partial charge on any atom is -0.383 e. The fraction of sp³-hybridized carbons (Fsp3) is 0.111. The Balaban J connectivity index is 2.29. The summed E-state index contributed by atoms with van der Waals surface area (Å²) in [5.74, 6) is 0.891. The van der Waals surface area contributed by atoms with Gasteiger partial charge < -0.3 is 16.5 Å². The molecule has 0 aromatic carbocycles. The average molecular weight is 246 g/mol. The minimum atomic E-state index is -0.376. The van der Waals surface area contributed by atoms with Crippen molar-refractivity contribution in [1.29, 1.82) is 0 Å². The lowest BCUT2D eigenvalue weighted by atomic mass is 10.3. The maximum Gasteiger partial charge on any atom is 0.278 e. The maximum atomic E-state index is 11.6. The van der Waals surface area contributed by atoms with Gasteiger partial charge in [-0.3, -0.25) is 14.5 Å². The van der Waals surface area contributed by atoms with Crippen LogP contribution in [0.2, 0.25) is 0 Å². The first kappa shape index (κ1) is 10.3. The van der Waals surface area contributed by atoms with Gasteiger partial charge >= 0.3 is 0 Å². The molecule has 3 rings (SSSR count). The number of anilines is 2. The first-order valence-electron chi connectivity index (χ1n) is 5.09. The predicted octanol–water partition coefficient (Wildman–Crippen LogP) is -0.789. The van der Waals surface area contributed by atoms with Crippen molar-refractivity contribution in [3.63, 3.8) is 0 Å². The standard InChI is InChI=1S/C9H10N8O/c1-17-5(10)3(2-12-17)6-13-4-7(14-6)15-9(11)16-8(4)18/h2H,10H2,1H3,(H4,11,13,14,15,16,18). The van der Waals surface area contributed by atoms with E-state index < -0.39 is 0 Å². The number of H-pyrrole nitrogens is 2. The van der Waals surface area contributed by atoms with Crippen LogP contribution in [0.15, 0.2) is 11.0 Å². The van der Waals surface area contributed by atoms with Crippen molar-refractivity contribution in [2.45, 2.75) is 0 Å². The zero-order valence-electron chi connectivity index (χ0n) is 9.43. The maximum absolute atomic E-state index is 11.6. The highest BCUT2D eigenvalue weighted by Crippen LogP contribution is 2.23. The van der Waals surface area contributed by atoms with Crippen LogP contribution in [-0.4, -0.2) is 29.7 Å². The molecule has 0 spiro atoms. The second kappa shape index (κ2) is 3.32. The normalized spacial score (nSPS) is 11.2. The van der Waals surface area contributed by atoms with Crippen LogP contribution in [0.3, 0.4) is 0 Å². The van der Waals surface area contributed by atoms with Crippen LogP contribution in [0.5, 0.6) is 0 Å². The third-order valence-corrected chi connectivity index (χ3v) is 2.62. The molecule has 9 nitrogen and oxygen atoms in total. The number of hydrogen-bond acceptors (Lipinski definition) is 6. The van der Waals surface area contributed by atoms with Gasteiger partial charge in [-0.2, -0.15) is 10.1 Å². The van der Waals surface area contributed by atoms with Crippen LogP contribution in [-0.2, 0) is 7.05 Å². The molecule has 0 saturated carbocycles.